The number of hydrogen-bond acceptors (Lipinski definition) is 4. The SMILES string of the molecule is CCN1CCCC1CNCc1ccc(C(=O)OC)cc1Br. The Morgan fingerprint density at radius 2 is 2.33 bits per heavy atom. The predicted molar refractivity (Wildman–Crippen MR) is 87.5 cm³/mol. The first-order valence-corrected chi connectivity index (χ1v) is 8.26. The smallest absolute Gasteiger partial charge is 0.337 e. The van der Waals surface area contributed by atoms with Crippen molar-refractivity contribution in [2.24, 2.45) is 0 Å². The van der Waals surface area contributed by atoms with E-state index in [1.54, 1.807) is 0 Å². The molecule has 5 heteroatoms. The number of carbonyl (C=O) groups excluding carboxylic acids is 1. The molecule has 0 aromatic heterocycles. The van der Waals surface area contributed by atoms with Crippen LogP contribution < -0.4 is 5.32 Å². The van der Waals surface area contributed by atoms with E-state index < -0.39 is 0 Å². The third-order valence-corrected chi connectivity index (χ3v) is 4.81. The number of nitrogens with one attached hydrogen (secondary N) is 1. The number of likely N-dealkylation sites (N-methyl/N-ethyl adjacent to an activating group) is 1. The minimum absolute atomic E-state index is 0.306. The molecule has 0 amide bonds. The maximum Gasteiger partial charge on any atom is 0.337 e. The lowest BCUT2D eigenvalue weighted by molar-refractivity contribution is 0.0600. The molecule has 1 atom stereocenters. The summed E-state index contributed by atoms with van der Waals surface area (Å²) in [7, 11) is 1.40. The van der Waals surface area contributed by atoms with Crippen molar-refractivity contribution in [1.29, 1.82) is 0 Å². The lowest BCUT2D eigenvalue weighted by Gasteiger charge is -2.23. The predicted octanol–water partition coefficient (Wildman–Crippen LogP) is 2.81. The van der Waals surface area contributed by atoms with Gasteiger partial charge in [-0.25, -0.2) is 4.79 Å². The van der Waals surface area contributed by atoms with Crippen LogP contribution in [0.25, 0.3) is 0 Å². The van der Waals surface area contributed by atoms with E-state index in [1.807, 2.05) is 18.2 Å². The van der Waals surface area contributed by atoms with Gasteiger partial charge in [0.2, 0.25) is 0 Å². The highest BCUT2D eigenvalue weighted by Crippen LogP contribution is 2.20. The Morgan fingerprint density at radius 1 is 1.52 bits per heavy atom. The Labute approximate surface area is 135 Å². The number of rotatable bonds is 6. The van der Waals surface area contributed by atoms with Crippen molar-refractivity contribution in [2.45, 2.75) is 32.4 Å². The van der Waals surface area contributed by atoms with E-state index in [0.29, 0.717) is 11.6 Å². The molecular weight excluding hydrogens is 332 g/mol. The zero-order chi connectivity index (χ0) is 15.2. The van der Waals surface area contributed by atoms with Crippen LogP contribution in [0.2, 0.25) is 0 Å². The van der Waals surface area contributed by atoms with E-state index in [0.717, 1.165) is 29.7 Å². The number of likely N-dealkylation sites (tertiary alicyclic amines) is 1. The summed E-state index contributed by atoms with van der Waals surface area (Å²) < 4.78 is 5.66. The molecule has 116 valence electrons. The zero-order valence-electron chi connectivity index (χ0n) is 12.7. The zero-order valence-corrected chi connectivity index (χ0v) is 14.3. The summed E-state index contributed by atoms with van der Waals surface area (Å²) in [6, 6.07) is 6.25. The van der Waals surface area contributed by atoms with E-state index in [4.69, 9.17) is 4.74 Å². The van der Waals surface area contributed by atoms with Gasteiger partial charge in [0, 0.05) is 23.6 Å². The molecule has 1 aromatic carbocycles. The monoisotopic (exact) mass is 354 g/mol. The molecule has 2 rings (SSSR count). The molecule has 1 aliphatic rings. The standard InChI is InChI=1S/C16H23BrN2O2/c1-3-19-8-4-5-14(19)11-18-10-13-7-6-12(9-15(13)17)16(20)21-2/h6-7,9,14,18H,3-5,8,10-11H2,1-2H3. The molecule has 1 saturated heterocycles. The second-order valence-electron chi connectivity index (χ2n) is 5.35. The Morgan fingerprint density at radius 3 is 3.00 bits per heavy atom. The van der Waals surface area contributed by atoms with Crippen molar-refractivity contribution in [3.8, 4) is 0 Å². The van der Waals surface area contributed by atoms with E-state index in [-0.39, 0.29) is 5.97 Å². The van der Waals surface area contributed by atoms with Crippen LogP contribution in [0, 0.1) is 0 Å². The summed E-state index contributed by atoms with van der Waals surface area (Å²) in [5.74, 6) is -0.306. The molecule has 1 heterocycles. The van der Waals surface area contributed by atoms with Crippen molar-refractivity contribution in [3.05, 3.63) is 33.8 Å². The lowest BCUT2D eigenvalue weighted by atomic mass is 10.1. The Bertz CT molecular complexity index is 493. The minimum Gasteiger partial charge on any atom is -0.465 e. The minimum atomic E-state index is -0.306. The van der Waals surface area contributed by atoms with Crippen molar-refractivity contribution in [3.63, 3.8) is 0 Å². The normalized spacial score (nSPS) is 18.9. The van der Waals surface area contributed by atoms with Gasteiger partial charge in [-0.05, 0) is 43.6 Å². The lowest BCUT2D eigenvalue weighted by Crippen LogP contribution is -2.37. The number of ether oxygens (including phenoxy) is 1. The molecule has 0 saturated carbocycles. The third-order valence-electron chi connectivity index (χ3n) is 4.07. The summed E-state index contributed by atoms with van der Waals surface area (Å²) in [4.78, 5) is 14.0. The average molecular weight is 355 g/mol. The van der Waals surface area contributed by atoms with Crippen LogP contribution in [0.5, 0.6) is 0 Å². The fraction of sp³-hybridized carbons (Fsp3) is 0.562. The fourth-order valence-corrected chi connectivity index (χ4v) is 3.37. The maximum atomic E-state index is 11.5. The van der Waals surface area contributed by atoms with Crippen LogP contribution in [0.15, 0.2) is 22.7 Å². The molecule has 21 heavy (non-hydrogen) atoms. The molecule has 4 nitrogen and oxygen atoms in total. The summed E-state index contributed by atoms with van der Waals surface area (Å²) in [5.41, 5.74) is 1.73. The largest absolute Gasteiger partial charge is 0.465 e. The van der Waals surface area contributed by atoms with Crippen LogP contribution in [0.3, 0.4) is 0 Å². The topological polar surface area (TPSA) is 41.6 Å². The number of carbonyl (C=O) groups is 1. The van der Waals surface area contributed by atoms with Gasteiger partial charge in [-0.1, -0.05) is 28.9 Å². The van der Waals surface area contributed by atoms with Gasteiger partial charge in [0.15, 0.2) is 0 Å². The number of hydrogen-bond donors (Lipinski definition) is 1. The van der Waals surface area contributed by atoms with E-state index in [2.05, 4.69) is 33.1 Å². The first kappa shape index (κ1) is 16.5. The maximum absolute atomic E-state index is 11.5. The first-order chi connectivity index (χ1) is 10.2. The molecule has 1 N–H and O–H groups in total. The Balaban J connectivity index is 1.87. The van der Waals surface area contributed by atoms with Gasteiger partial charge in [0.1, 0.15) is 0 Å². The summed E-state index contributed by atoms with van der Waals surface area (Å²) in [6.45, 7) is 6.39. The molecule has 0 bridgehead atoms. The molecule has 1 aliphatic heterocycles. The van der Waals surface area contributed by atoms with Crippen LogP contribution in [-0.4, -0.2) is 43.7 Å². The number of halogens is 1. The summed E-state index contributed by atoms with van der Waals surface area (Å²) in [6.07, 6.45) is 2.58. The van der Waals surface area contributed by atoms with Crippen LogP contribution in [-0.2, 0) is 11.3 Å². The highest BCUT2D eigenvalue weighted by atomic mass is 79.9. The van der Waals surface area contributed by atoms with Crippen molar-refractivity contribution >= 4 is 21.9 Å². The van der Waals surface area contributed by atoms with Crippen molar-refractivity contribution in [1.82, 2.24) is 10.2 Å². The van der Waals surface area contributed by atoms with Gasteiger partial charge >= 0.3 is 5.97 Å². The van der Waals surface area contributed by atoms with Crippen molar-refractivity contribution < 1.29 is 9.53 Å². The van der Waals surface area contributed by atoms with E-state index in [9.17, 15) is 4.79 Å². The second kappa shape index (κ2) is 7.92. The fourth-order valence-electron chi connectivity index (χ4n) is 2.85. The molecule has 1 unspecified atom stereocenters. The molecule has 1 fully saturated rings. The quantitative estimate of drug-likeness (QED) is 0.797. The number of benzene rings is 1. The average Bonchev–Trinajstić information content (AvgIpc) is 2.95. The van der Waals surface area contributed by atoms with Gasteiger partial charge in [0.25, 0.3) is 0 Å². The Hall–Kier alpha value is -0.910. The highest BCUT2D eigenvalue weighted by molar-refractivity contribution is 9.10. The first-order valence-electron chi connectivity index (χ1n) is 7.47. The molecule has 0 spiro atoms. The summed E-state index contributed by atoms with van der Waals surface area (Å²) >= 11 is 3.53. The van der Waals surface area contributed by atoms with Gasteiger partial charge in [-0.2, -0.15) is 0 Å². The third kappa shape index (κ3) is 4.28. The number of nitrogens with zero attached hydrogens (tertiary/aromatic N) is 1. The van der Waals surface area contributed by atoms with Crippen LogP contribution in [0.4, 0.5) is 0 Å². The van der Waals surface area contributed by atoms with Crippen molar-refractivity contribution in [2.75, 3.05) is 26.7 Å². The van der Waals surface area contributed by atoms with Crippen LogP contribution in [0.1, 0.15) is 35.7 Å². The summed E-state index contributed by atoms with van der Waals surface area (Å²) in [5, 5.41) is 3.52. The Kier molecular flexibility index (Phi) is 6.21. The highest BCUT2D eigenvalue weighted by Gasteiger charge is 2.22. The van der Waals surface area contributed by atoms with Gasteiger partial charge < -0.3 is 10.1 Å². The van der Waals surface area contributed by atoms with Gasteiger partial charge in [-0.3, -0.25) is 4.90 Å². The number of esters is 1. The van der Waals surface area contributed by atoms with E-state index in [1.165, 1.54) is 26.5 Å². The molecule has 0 aliphatic carbocycles. The van der Waals surface area contributed by atoms with Gasteiger partial charge in [-0.15, -0.1) is 0 Å². The number of methoxy groups -OCH3 is 1. The molecular formula is C16H23BrN2O2. The molecule has 1 aromatic rings. The van der Waals surface area contributed by atoms with E-state index >= 15 is 0 Å². The van der Waals surface area contributed by atoms with Crippen LogP contribution >= 0.6 is 15.9 Å². The van der Waals surface area contributed by atoms with Gasteiger partial charge in [0.05, 0.1) is 12.7 Å². The molecule has 0 radical (unpaired) electrons. The second-order valence-corrected chi connectivity index (χ2v) is 6.21.